The third-order valence-electron chi connectivity index (χ3n) is 7.23. The summed E-state index contributed by atoms with van der Waals surface area (Å²) in [6.07, 6.45) is 7.11. The lowest BCUT2D eigenvalue weighted by Gasteiger charge is -2.37. The van der Waals surface area contributed by atoms with Crippen molar-refractivity contribution >= 4 is 17.5 Å². The number of carbonyl (C=O) groups is 2. The molecule has 4 heterocycles. The van der Waals surface area contributed by atoms with Gasteiger partial charge in [0.25, 0.3) is 5.56 Å². The van der Waals surface area contributed by atoms with Crippen LogP contribution in [0.3, 0.4) is 0 Å². The summed E-state index contributed by atoms with van der Waals surface area (Å²) in [5, 5.41) is 3.27. The zero-order chi connectivity index (χ0) is 21.5. The van der Waals surface area contributed by atoms with Crippen LogP contribution < -0.4 is 5.56 Å². The van der Waals surface area contributed by atoms with Crippen molar-refractivity contribution in [2.24, 2.45) is 5.92 Å². The average Bonchev–Trinajstić information content (AvgIpc) is 3.17. The molecule has 0 bridgehead atoms. The van der Waals surface area contributed by atoms with Crippen molar-refractivity contribution in [2.45, 2.75) is 70.8 Å². The third-order valence-corrected chi connectivity index (χ3v) is 7.23. The molecule has 8 nitrogen and oxygen atoms in total. The summed E-state index contributed by atoms with van der Waals surface area (Å²) in [4.78, 5) is 46.7. The number of nitrogens with zero attached hydrogens (tertiary/aromatic N) is 4. The number of rotatable bonds is 4. The number of nitrogens with one attached hydrogen (secondary N) is 1. The van der Waals surface area contributed by atoms with Gasteiger partial charge in [0.1, 0.15) is 0 Å². The number of carbonyl (C=O) groups excluding carboxylic acids is 2. The topological polar surface area (TPSA) is 90.8 Å². The Morgan fingerprint density at radius 1 is 1.16 bits per heavy atom. The molecule has 166 valence electrons. The highest BCUT2D eigenvalue weighted by atomic mass is 16.2. The Hall–Kier alpha value is -2.64. The molecule has 31 heavy (non-hydrogen) atoms. The Balaban J connectivity index is 1.39. The van der Waals surface area contributed by atoms with Gasteiger partial charge in [0.15, 0.2) is 5.65 Å². The number of hydrogen-bond donors (Lipinski definition) is 1. The maximum absolute atomic E-state index is 13.2. The number of aromatic amines is 1. The Morgan fingerprint density at radius 3 is 2.74 bits per heavy atom. The van der Waals surface area contributed by atoms with Crippen LogP contribution in [-0.2, 0) is 22.6 Å². The molecule has 0 aromatic carbocycles. The smallest absolute Gasteiger partial charge is 0.277 e. The fourth-order valence-corrected chi connectivity index (χ4v) is 5.14. The number of H-pyrrole nitrogens is 1. The van der Waals surface area contributed by atoms with E-state index in [2.05, 4.69) is 5.10 Å². The van der Waals surface area contributed by atoms with Crippen LogP contribution in [0, 0.1) is 5.92 Å². The molecule has 1 N–H and O–H groups in total. The first kappa shape index (κ1) is 20.3. The van der Waals surface area contributed by atoms with E-state index in [0.29, 0.717) is 49.6 Å². The molecule has 2 aromatic heterocycles. The van der Waals surface area contributed by atoms with Crippen LogP contribution >= 0.6 is 0 Å². The minimum Gasteiger partial charge on any atom is -0.342 e. The van der Waals surface area contributed by atoms with Gasteiger partial charge in [-0.2, -0.15) is 0 Å². The molecule has 2 amide bonds. The summed E-state index contributed by atoms with van der Waals surface area (Å²) in [7, 11) is 0. The minimum absolute atomic E-state index is 0.100. The zero-order valence-electron chi connectivity index (χ0n) is 18.2. The van der Waals surface area contributed by atoms with E-state index < -0.39 is 0 Å². The summed E-state index contributed by atoms with van der Waals surface area (Å²) in [5.74, 6) is 0.812. The van der Waals surface area contributed by atoms with E-state index in [-0.39, 0.29) is 23.3 Å². The highest BCUT2D eigenvalue weighted by Crippen LogP contribution is 2.32. The highest BCUT2D eigenvalue weighted by Gasteiger charge is 2.33. The van der Waals surface area contributed by atoms with Crippen LogP contribution in [0.5, 0.6) is 0 Å². The van der Waals surface area contributed by atoms with Gasteiger partial charge in [0.2, 0.25) is 11.8 Å². The van der Waals surface area contributed by atoms with E-state index >= 15 is 0 Å². The molecule has 1 aliphatic carbocycles. The van der Waals surface area contributed by atoms with Crippen molar-refractivity contribution in [2.75, 3.05) is 19.6 Å². The standard InChI is InChI=1S/C23H31N5O3/c1-2-5-21(29)26-11-9-18-17(14-26)23(31)28-20(24-18)12-19(25-28)16-8-4-10-27(13-16)22(30)15-6-3-7-15/h12,15-16,25H,2-11,13-14H2,1H3/t16-/m0/s1. The number of piperidine rings is 1. The van der Waals surface area contributed by atoms with Gasteiger partial charge in [-0.25, -0.2) is 9.50 Å². The largest absolute Gasteiger partial charge is 0.342 e. The molecule has 2 aromatic rings. The number of fused-ring (bicyclic) bond motifs is 2. The van der Waals surface area contributed by atoms with Crippen LogP contribution in [0.2, 0.25) is 0 Å². The molecule has 0 unspecified atom stereocenters. The number of amides is 2. The van der Waals surface area contributed by atoms with Crippen LogP contribution in [0.4, 0.5) is 0 Å². The molecule has 3 aliphatic rings. The van der Waals surface area contributed by atoms with E-state index in [4.69, 9.17) is 4.98 Å². The Morgan fingerprint density at radius 2 is 2.00 bits per heavy atom. The van der Waals surface area contributed by atoms with Gasteiger partial charge >= 0.3 is 0 Å². The lowest BCUT2D eigenvalue weighted by atomic mass is 9.83. The van der Waals surface area contributed by atoms with Crippen LogP contribution in [-0.4, -0.2) is 55.8 Å². The SMILES string of the molecule is CCCC(=O)N1CCc2nc3cc([C@H]4CCCN(C(=O)C5CCC5)C4)[nH]n3c(=O)c2C1. The minimum atomic E-state index is -0.113. The second kappa shape index (κ2) is 8.13. The van der Waals surface area contributed by atoms with Gasteiger partial charge in [0, 0.05) is 56.1 Å². The predicted octanol–water partition coefficient (Wildman–Crippen LogP) is 2.21. The molecular weight excluding hydrogens is 394 g/mol. The van der Waals surface area contributed by atoms with E-state index in [1.807, 2.05) is 17.9 Å². The normalized spacial score (nSPS) is 21.8. The van der Waals surface area contributed by atoms with Crippen molar-refractivity contribution in [1.29, 1.82) is 0 Å². The highest BCUT2D eigenvalue weighted by molar-refractivity contribution is 5.79. The Labute approximate surface area is 181 Å². The maximum Gasteiger partial charge on any atom is 0.277 e. The maximum atomic E-state index is 13.2. The molecule has 8 heteroatoms. The van der Waals surface area contributed by atoms with E-state index in [1.165, 1.54) is 4.52 Å². The lowest BCUT2D eigenvalue weighted by Crippen LogP contribution is -2.44. The van der Waals surface area contributed by atoms with Gasteiger partial charge in [-0.05, 0) is 32.1 Å². The monoisotopic (exact) mass is 425 g/mol. The second-order valence-electron chi connectivity index (χ2n) is 9.31. The molecule has 5 rings (SSSR count). The molecule has 1 saturated carbocycles. The molecule has 2 aliphatic heterocycles. The van der Waals surface area contributed by atoms with Gasteiger partial charge < -0.3 is 9.80 Å². The van der Waals surface area contributed by atoms with Crippen molar-refractivity contribution in [3.63, 3.8) is 0 Å². The van der Waals surface area contributed by atoms with Gasteiger partial charge in [0.05, 0.1) is 17.8 Å². The van der Waals surface area contributed by atoms with E-state index in [1.54, 1.807) is 4.90 Å². The molecular formula is C23H31N5O3. The fourth-order valence-electron chi connectivity index (χ4n) is 5.14. The number of likely N-dealkylation sites (tertiary alicyclic amines) is 1. The van der Waals surface area contributed by atoms with Crippen molar-refractivity contribution in [3.8, 4) is 0 Å². The first-order valence-corrected chi connectivity index (χ1v) is 11.7. The number of hydrogen-bond acceptors (Lipinski definition) is 4. The summed E-state index contributed by atoms with van der Waals surface area (Å²) in [6.45, 7) is 4.48. The third kappa shape index (κ3) is 3.66. The predicted molar refractivity (Wildman–Crippen MR) is 116 cm³/mol. The molecule has 1 saturated heterocycles. The van der Waals surface area contributed by atoms with E-state index in [9.17, 15) is 14.4 Å². The molecule has 0 spiro atoms. The van der Waals surface area contributed by atoms with Crippen molar-refractivity contribution in [1.82, 2.24) is 24.4 Å². The second-order valence-corrected chi connectivity index (χ2v) is 9.31. The summed E-state index contributed by atoms with van der Waals surface area (Å²) in [6, 6.07) is 1.97. The van der Waals surface area contributed by atoms with Crippen LogP contribution in [0.25, 0.3) is 5.65 Å². The summed E-state index contributed by atoms with van der Waals surface area (Å²) in [5.41, 5.74) is 2.92. The molecule has 2 fully saturated rings. The van der Waals surface area contributed by atoms with Gasteiger partial charge in [-0.3, -0.25) is 19.5 Å². The fraction of sp³-hybridized carbons (Fsp3) is 0.652. The first-order valence-electron chi connectivity index (χ1n) is 11.7. The summed E-state index contributed by atoms with van der Waals surface area (Å²) >= 11 is 0. The van der Waals surface area contributed by atoms with Crippen LogP contribution in [0.15, 0.2) is 10.9 Å². The molecule has 0 radical (unpaired) electrons. The van der Waals surface area contributed by atoms with Crippen LogP contribution in [0.1, 0.15) is 74.7 Å². The van der Waals surface area contributed by atoms with Crippen molar-refractivity contribution < 1.29 is 9.59 Å². The quantitative estimate of drug-likeness (QED) is 0.813. The van der Waals surface area contributed by atoms with Gasteiger partial charge in [-0.1, -0.05) is 13.3 Å². The average molecular weight is 426 g/mol. The Kier molecular flexibility index (Phi) is 5.32. The Bertz CT molecular complexity index is 1070. The van der Waals surface area contributed by atoms with E-state index in [0.717, 1.165) is 56.5 Å². The number of aromatic nitrogens is 3. The van der Waals surface area contributed by atoms with Crippen molar-refractivity contribution in [3.05, 3.63) is 33.4 Å². The molecule has 1 atom stereocenters. The van der Waals surface area contributed by atoms with Gasteiger partial charge in [-0.15, -0.1) is 0 Å². The first-order chi connectivity index (χ1) is 15.0. The summed E-state index contributed by atoms with van der Waals surface area (Å²) < 4.78 is 1.52. The lowest BCUT2D eigenvalue weighted by molar-refractivity contribution is -0.139. The zero-order valence-corrected chi connectivity index (χ0v) is 18.2.